The third-order valence-corrected chi connectivity index (χ3v) is 3.42. The van der Waals surface area contributed by atoms with E-state index in [9.17, 15) is 0 Å². The van der Waals surface area contributed by atoms with Crippen molar-refractivity contribution in [2.45, 2.75) is 0 Å². The monoisotopic (exact) mass is 316 g/mol. The Hall–Kier alpha value is -2.53. The molecule has 0 radical (unpaired) electrons. The number of aromatic nitrogens is 2. The fraction of sp³-hybridized carbons (Fsp3) is 0.125. The molecule has 0 aliphatic carbocycles. The van der Waals surface area contributed by atoms with E-state index in [1.165, 1.54) is 0 Å². The molecule has 0 saturated heterocycles. The van der Waals surface area contributed by atoms with Crippen molar-refractivity contribution in [3.8, 4) is 34.3 Å². The molecule has 0 bridgehead atoms. The zero-order valence-electron chi connectivity index (χ0n) is 12.0. The van der Waals surface area contributed by atoms with E-state index in [4.69, 9.17) is 25.6 Å². The maximum atomic E-state index is 5.88. The summed E-state index contributed by atoms with van der Waals surface area (Å²) in [5.41, 5.74) is 1.44. The highest BCUT2D eigenvalue weighted by atomic mass is 35.5. The molecule has 0 saturated carbocycles. The Balaban J connectivity index is 2.06. The van der Waals surface area contributed by atoms with E-state index in [0.717, 1.165) is 5.56 Å². The number of methoxy groups -OCH3 is 2. The van der Waals surface area contributed by atoms with Gasteiger partial charge in [-0.05, 0) is 36.4 Å². The Morgan fingerprint density at radius 3 is 2.18 bits per heavy atom. The van der Waals surface area contributed by atoms with Crippen LogP contribution in [0.3, 0.4) is 0 Å². The summed E-state index contributed by atoms with van der Waals surface area (Å²) >= 11 is 5.88. The Morgan fingerprint density at radius 2 is 1.59 bits per heavy atom. The van der Waals surface area contributed by atoms with Crippen LogP contribution in [-0.4, -0.2) is 24.4 Å². The van der Waals surface area contributed by atoms with Crippen LogP contribution in [0.4, 0.5) is 0 Å². The summed E-state index contributed by atoms with van der Waals surface area (Å²) in [5, 5.41) is 4.65. The molecule has 0 aliphatic heterocycles. The molecule has 3 rings (SSSR count). The van der Waals surface area contributed by atoms with Gasteiger partial charge in [-0.2, -0.15) is 4.98 Å². The standard InChI is InChI=1S/C16H13ClN2O3/c1-20-12-4-3-5-13(21-2)14(12)16-18-15(19-22-16)10-6-8-11(17)9-7-10/h3-9H,1-2H3. The zero-order chi connectivity index (χ0) is 15.5. The van der Waals surface area contributed by atoms with Gasteiger partial charge in [0.1, 0.15) is 17.1 Å². The first-order valence-corrected chi connectivity index (χ1v) is 6.91. The van der Waals surface area contributed by atoms with E-state index in [2.05, 4.69) is 10.1 Å². The van der Waals surface area contributed by atoms with Gasteiger partial charge in [0.15, 0.2) is 0 Å². The summed E-state index contributed by atoms with van der Waals surface area (Å²) in [4.78, 5) is 4.42. The summed E-state index contributed by atoms with van der Waals surface area (Å²) in [6.07, 6.45) is 0. The largest absolute Gasteiger partial charge is 0.496 e. The van der Waals surface area contributed by atoms with Gasteiger partial charge in [-0.3, -0.25) is 0 Å². The maximum absolute atomic E-state index is 5.88. The van der Waals surface area contributed by atoms with Gasteiger partial charge in [0.25, 0.3) is 5.89 Å². The lowest BCUT2D eigenvalue weighted by Gasteiger charge is -2.09. The minimum Gasteiger partial charge on any atom is -0.496 e. The summed E-state index contributed by atoms with van der Waals surface area (Å²) in [5.74, 6) is 2.01. The summed E-state index contributed by atoms with van der Waals surface area (Å²) in [7, 11) is 3.16. The predicted octanol–water partition coefficient (Wildman–Crippen LogP) is 4.07. The number of rotatable bonds is 4. The highest BCUT2D eigenvalue weighted by molar-refractivity contribution is 6.30. The fourth-order valence-corrected chi connectivity index (χ4v) is 2.23. The Bertz CT molecular complexity index is 762. The van der Waals surface area contributed by atoms with Crippen molar-refractivity contribution in [2.24, 2.45) is 0 Å². The van der Waals surface area contributed by atoms with E-state index in [0.29, 0.717) is 33.8 Å². The summed E-state index contributed by atoms with van der Waals surface area (Å²) in [6, 6.07) is 12.7. The van der Waals surface area contributed by atoms with Crippen LogP contribution in [0.2, 0.25) is 5.02 Å². The van der Waals surface area contributed by atoms with Crippen LogP contribution in [0, 0.1) is 0 Å². The SMILES string of the molecule is COc1cccc(OC)c1-c1nc(-c2ccc(Cl)cc2)no1. The van der Waals surface area contributed by atoms with Gasteiger partial charge in [-0.25, -0.2) is 0 Å². The van der Waals surface area contributed by atoms with Crippen LogP contribution >= 0.6 is 11.6 Å². The van der Waals surface area contributed by atoms with E-state index in [1.807, 2.05) is 30.3 Å². The highest BCUT2D eigenvalue weighted by Crippen LogP contribution is 2.37. The zero-order valence-corrected chi connectivity index (χ0v) is 12.8. The number of hydrogen-bond acceptors (Lipinski definition) is 5. The topological polar surface area (TPSA) is 57.4 Å². The van der Waals surface area contributed by atoms with Crippen molar-refractivity contribution in [3.05, 3.63) is 47.5 Å². The van der Waals surface area contributed by atoms with Crippen LogP contribution in [0.25, 0.3) is 22.8 Å². The quantitative estimate of drug-likeness (QED) is 0.726. The summed E-state index contributed by atoms with van der Waals surface area (Å²) in [6.45, 7) is 0. The van der Waals surface area contributed by atoms with E-state index >= 15 is 0 Å². The predicted molar refractivity (Wildman–Crippen MR) is 83.3 cm³/mol. The van der Waals surface area contributed by atoms with E-state index in [-0.39, 0.29) is 0 Å². The molecule has 0 spiro atoms. The second-order valence-corrected chi connectivity index (χ2v) is 4.90. The Kier molecular flexibility index (Phi) is 3.98. The number of benzene rings is 2. The first-order valence-electron chi connectivity index (χ1n) is 6.54. The molecule has 3 aromatic rings. The average molecular weight is 317 g/mol. The first-order chi connectivity index (χ1) is 10.7. The molecule has 0 N–H and O–H groups in total. The summed E-state index contributed by atoms with van der Waals surface area (Å²) < 4.78 is 16.1. The van der Waals surface area contributed by atoms with Crippen molar-refractivity contribution in [3.63, 3.8) is 0 Å². The molecule has 0 atom stereocenters. The molecule has 6 heteroatoms. The average Bonchev–Trinajstić information content (AvgIpc) is 3.04. The van der Waals surface area contributed by atoms with Crippen molar-refractivity contribution in [1.82, 2.24) is 10.1 Å². The molecule has 0 aliphatic rings. The molecule has 5 nitrogen and oxygen atoms in total. The lowest BCUT2D eigenvalue weighted by atomic mass is 10.1. The Labute approximate surface area is 132 Å². The number of ether oxygens (including phenoxy) is 2. The second-order valence-electron chi connectivity index (χ2n) is 4.47. The van der Waals surface area contributed by atoms with Crippen LogP contribution in [0.5, 0.6) is 11.5 Å². The van der Waals surface area contributed by atoms with Gasteiger partial charge in [0, 0.05) is 10.6 Å². The van der Waals surface area contributed by atoms with Crippen LogP contribution < -0.4 is 9.47 Å². The Morgan fingerprint density at radius 1 is 0.955 bits per heavy atom. The van der Waals surface area contributed by atoms with Gasteiger partial charge < -0.3 is 14.0 Å². The molecular formula is C16H13ClN2O3. The number of nitrogens with zero attached hydrogens (tertiary/aromatic N) is 2. The van der Waals surface area contributed by atoms with Gasteiger partial charge in [-0.1, -0.05) is 22.8 Å². The molecule has 0 amide bonds. The minimum atomic E-state index is 0.333. The molecule has 2 aromatic carbocycles. The van der Waals surface area contributed by atoms with Crippen molar-refractivity contribution in [1.29, 1.82) is 0 Å². The fourth-order valence-electron chi connectivity index (χ4n) is 2.10. The van der Waals surface area contributed by atoms with Gasteiger partial charge in [0.2, 0.25) is 5.82 Å². The van der Waals surface area contributed by atoms with Gasteiger partial charge in [-0.15, -0.1) is 0 Å². The lowest BCUT2D eigenvalue weighted by Crippen LogP contribution is -1.93. The number of halogens is 1. The van der Waals surface area contributed by atoms with Crippen LogP contribution in [0.1, 0.15) is 0 Å². The third kappa shape index (κ3) is 2.63. The molecule has 0 unspecified atom stereocenters. The van der Waals surface area contributed by atoms with E-state index < -0.39 is 0 Å². The molecule has 112 valence electrons. The molecule has 22 heavy (non-hydrogen) atoms. The molecule has 1 heterocycles. The van der Waals surface area contributed by atoms with Crippen LogP contribution in [-0.2, 0) is 0 Å². The molecule has 1 aromatic heterocycles. The molecular weight excluding hydrogens is 304 g/mol. The van der Waals surface area contributed by atoms with Gasteiger partial charge >= 0.3 is 0 Å². The van der Waals surface area contributed by atoms with Crippen molar-refractivity contribution < 1.29 is 14.0 Å². The van der Waals surface area contributed by atoms with Crippen molar-refractivity contribution in [2.75, 3.05) is 14.2 Å². The molecule has 0 fully saturated rings. The first kappa shape index (κ1) is 14.4. The van der Waals surface area contributed by atoms with E-state index in [1.54, 1.807) is 26.4 Å². The maximum Gasteiger partial charge on any atom is 0.265 e. The highest BCUT2D eigenvalue weighted by Gasteiger charge is 2.19. The van der Waals surface area contributed by atoms with Gasteiger partial charge in [0.05, 0.1) is 14.2 Å². The smallest absolute Gasteiger partial charge is 0.265 e. The van der Waals surface area contributed by atoms with Crippen molar-refractivity contribution >= 4 is 11.6 Å². The third-order valence-electron chi connectivity index (χ3n) is 3.17. The minimum absolute atomic E-state index is 0.333. The van der Waals surface area contributed by atoms with Crippen LogP contribution in [0.15, 0.2) is 47.0 Å². The normalized spacial score (nSPS) is 10.5. The number of hydrogen-bond donors (Lipinski definition) is 0. The second kappa shape index (κ2) is 6.07. The lowest BCUT2D eigenvalue weighted by molar-refractivity contribution is 0.386.